The van der Waals surface area contributed by atoms with Crippen molar-refractivity contribution in [1.82, 2.24) is 9.88 Å². The molecule has 5 heteroatoms. The van der Waals surface area contributed by atoms with Crippen molar-refractivity contribution >= 4 is 21.8 Å². The molecule has 15 heavy (non-hydrogen) atoms. The van der Waals surface area contributed by atoms with Gasteiger partial charge in [-0.05, 0) is 28.4 Å². The maximum Gasteiger partial charge on any atom is 0.267 e. The van der Waals surface area contributed by atoms with E-state index in [-0.39, 0.29) is 5.91 Å². The van der Waals surface area contributed by atoms with Crippen molar-refractivity contribution in [3.63, 3.8) is 0 Å². The van der Waals surface area contributed by atoms with Gasteiger partial charge in [0.05, 0.1) is 6.07 Å². The summed E-state index contributed by atoms with van der Waals surface area (Å²) in [7, 11) is 1.81. The molecule has 0 fully saturated rings. The van der Waals surface area contributed by atoms with Crippen molar-refractivity contribution < 1.29 is 4.79 Å². The molecule has 1 heterocycles. The number of halogens is 1. The van der Waals surface area contributed by atoms with Crippen LogP contribution in [0.5, 0.6) is 0 Å². The Bertz CT molecular complexity index is 392. The van der Waals surface area contributed by atoms with Crippen LogP contribution in [0.4, 0.5) is 0 Å². The predicted molar refractivity (Wildman–Crippen MR) is 60.3 cm³/mol. The molecule has 0 unspecified atom stereocenters. The number of nitrogens with zero attached hydrogens (tertiary/aromatic N) is 2. The van der Waals surface area contributed by atoms with Gasteiger partial charge in [0, 0.05) is 30.7 Å². The number of hydrogen-bond donors (Lipinski definition) is 1. The van der Waals surface area contributed by atoms with Crippen LogP contribution in [-0.4, -0.2) is 17.0 Å². The van der Waals surface area contributed by atoms with Crippen molar-refractivity contribution in [2.45, 2.75) is 12.8 Å². The lowest BCUT2D eigenvalue weighted by Gasteiger charge is -2.04. The summed E-state index contributed by atoms with van der Waals surface area (Å²) in [4.78, 5) is 11.6. The van der Waals surface area contributed by atoms with Crippen LogP contribution in [0.3, 0.4) is 0 Å². The Hall–Kier alpha value is -1.28. The smallest absolute Gasteiger partial charge is 0.267 e. The van der Waals surface area contributed by atoms with Gasteiger partial charge in [-0.1, -0.05) is 0 Å². The van der Waals surface area contributed by atoms with Gasteiger partial charge in [0.15, 0.2) is 0 Å². The Morgan fingerprint density at radius 3 is 3.00 bits per heavy atom. The molecule has 1 aromatic rings. The Morgan fingerprint density at radius 1 is 1.73 bits per heavy atom. The van der Waals surface area contributed by atoms with Gasteiger partial charge in [0.1, 0.15) is 5.69 Å². The summed E-state index contributed by atoms with van der Waals surface area (Å²) < 4.78 is 2.64. The average Bonchev–Trinajstić information content (AvgIpc) is 2.52. The van der Waals surface area contributed by atoms with Crippen molar-refractivity contribution in [2.75, 3.05) is 6.54 Å². The first-order valence-corrected chi connectivity index (χ1v) is 5.41. The number of hydrogen-bond acceptors (Lipinski definition) is 2. The van der Waals surface area contributed by atoms with E-state index >= 15 is 0 Å². The van der Waals surface area contributed by atoms with E-state index in [1.165, 1.54) is 0 Å². The zero-order valence-corrected chi connectivity index (χ0v) is 10.0. The highest BCUT2D eigenvalue weighted by Crippen LogP contribution is 2.13. The molecule has 1 aromatic heterocycles. The first-order valence-electron chi connectivity index (χ1n) is 4.62. The minimum Gasteiger partial charge on any atom is -0.351 e. The number of carbonyl (C=O) groups is 1. The second kappa shape index (κ2) is 5.56. The molecule has 4 nitrogen and oxygen atoms in total. The fraction of sp³-hybridized carbons (Fsp3) is 0.400. The highest BCUT2D eigenvalue weighted by atomic mass is 79.9. The zero-order chi connectivity index (χ0) is 11.3. The number of rotatable bonds is 4. The first-order chi connectivity index (χ1) is 7.15. The average molecular weight is 270 g/mol. The SMILES string of the molecule is Cn1cc(Br)cc1C(=O)NCCCC#N. The molecule has 1 rings (SSSR count). The fourth-order valence-electron chi connectivity index (χ4n) is 1.21. The van der Waals surface area contributed by atoms with Crippen molar-refractivity contribution in [1.29, 1.82) is 5.26 Å². The normalized spacial score (nSPS) is 9.67. The Labute approximate surface area is 97.0 Å². The van der Waals surface area contributed by atoms with Crippen LogP contribution in [0.15, 0.2) is 16.7 Å². The monoisotopic (exact) mass is 269 g/mol. The van der Waals surface area contributed by atoms with E-state index in [2.05, 4.69) is 21.2 Å². The minimum atomic E-state index is -0.110. The standard InChI is InChI=1S/C10H12BrN3O/c1-14-7-8(11)6-9(14)10(15)13-5-3-2-4-12/h6-7H,2-3,5H2,1H3,(H,13,15). The van der Waals surface area contributed by atoms with Crippen LogP contribution in [0.2, 0.25) is 0 Å². The van der Waals surface area contributed by atoms with Gasteiger partial charge in [-0.15, -0.1) is 0 Å². The molecule has 0 spiro atoms. The molecule has 0 aromatic carbocycles. The Morgan fingerprint density at radius 2 is 2.47 bits per heavy atom. The first kappa shape index (κ1) is 11.8. The number of amides is 1. The largest absolute Gasteiger partial charge is 0.351 e. The third kappa shape index (κ3) is 3.40. The van der Waals surface area contributed by atoms with Crippen LogP contribution in [0.25, 0.3) is 0 Å². The van der Waals surface area contributed by atoms with E-state index in [0.717, 1.165) is 4.47 Å². The number of nitriles is 1. The number of aromatic nitrogens is 1. The maximum absolute atomic E-state index is 11.6. The molecule has 0 radical (unpaired) electrons. The van der Waals surface area contributed by atoms with Gasteiger partial charge in [0.25, 0.3) is 5.91 Å². The molecule has 0 saturated carbocycles. The summed E-state index contributed by atoms with van der Waals surface area (Å²) in [6.45, 7) is 0.537. The van der Waals surface area contributed by atoms with E-state index in [0.29, 0.717) is 25.1 Å². The maximum atomic E-state index is 11.6. The highest BCUT2D eigenvalue weighted by Gasteiger charge is 2.09. The van der Waals surface area contributed by atoms with E-state index < -0.39 is 0 Å². The lowest BCUT2D eigenvalue weighted by Crippen LogP contribution is -2.26. The summed E-state index contributed by atoms with van der Waals surface area (Å²) in [5, 5.41) is 11.1. The molecule has 0 bridgehead atoms. The van der Waals surface area contributed by atoms with Crippen molar-refractivity contribution in [3.8, 4) is 6.07 Å². The molecule has 0 aliphatic rings. The second-order valence-electron chi connectivity index (χ2n) is 3.17. The molecule has 0 atom stereocenters. The van der Waals surface area contributed by atoms with E-state index in [1.807, 2.05) is 19.3 Å². The predicted octanol–water partition coefficient (Wildman–Crippen LogP) is 1.82. The summed E-state index contributed by atoms with van der Waals surface area (Å²) in [6, 6.07) is 3.80. The highest BCUT2D eigenvalue weighted by molar-refractivity contribution is 9.10. The summed E-state index contributed by atoms with van der Waals surface area (Å²) >= 11 is 3.30. The number of carbonyl (C=O) groups excluding carboxylic acids is 1. The molecule has 1 amide bonds. The lowest BCUT2D eigenvalue weighted by molar-refractivity contribution is 0.0945. The number of nitrogens with one attached hydrogen (secondary N) is 1. The molecule has 0 aliphatic carbocycles. The minimum absolute atomic E-state index is 0.110. The molecule has 0 saturated heterocycles. The number of aryl methyl sites for hydroxylation is 1. The summed E-state index contributed by atoms with van der Waals surface area (Å²) in [5.41, 5.74) is 0.610. The van der Waals surface area contributed by atoms with Gasteiger partial charge in [-0.3, -0.25) is 4.79 Å². The van der Waals surface area contributed by atoms with Gasteiger partial charge < -0.3 is 9.88 Å². The second-order valence-corrected chi connectivity index (χ2v) is 4.09. The van der Waals surface area contributed by atoms with Gasteiger partial charge in [-0.2, -0.15) is 5.26 Å². The molecule has 80 valence electrons. The van der Waals surface area contributed by atoms with Gasteiger partial charge in [-0.25, -0.2) is 0 Å². The Balaban J connectivity index is 2.48. The van der Waals surface area contributed by atoms with Crippen molar-refractivity contribution in [2.24, 2.45) is 7.05 Å². The number of unbranched alkanes of at least 4 members (excludes halogenated alkanes) is 1. The molecule has 0 aliphatic heterocycles. The molecule has 1 N–H and O–H groups in total. The van der Waals surface area contributed by atoms with Crippen LogP contribution in [0.1, 0.15) is 23.3 Å². The summed E-state index contributed by atoms with van der Waals surface area (Å²) in [6.07, 6.45) is 2.98. The quantitative estimate of drug-likeness (QED) is 0.848. The lowest BCUT2D eigenvalue weighted by atomic mass is 10.3. The van der Waals surface area contributed by atoms with E-state index in [4.69, 9.17) is 5.26 Å². The van der Waals surface area contributed by atoms with Gasteiger partial charge >= 0.3 is 0 Å². The molecular weight excluding hydrogens is 258 g/mol. The van der Waals surface area contributed by atoms with Crippen molar-refractivity contribution in [3.05, 3.63) is 22.4 Å². The van der Waals surface area contributed by atoms with E-state index in [9.17, 15) is 4.79 Å². The molecular formula is C10H12BrN3O. The fourth-order valence-corrected chi connectivity index (χ4v) is 1.73. The van der Waals surface area contributed by atoms with Gasteiger partial charge in [0.2, 0.25) is 0 Å². The third-order valence-corrected chi connectivity index (χ3v) is 2.39. The van der Waals surface area contributed by atoms with Crippen LogP contribution in [-0.2, 0) is 7.05 Å². The third-order valence-electron chi connectivity index (χ3n) is 1.96. The van der Waals surface area contributed by atoms with Crippen LogP contribution < -0.4 is 5.32 Å². The van der Waals surface area contributed by atoms with Crippen LogP contribution >= 0.6 is 15.9 Å². The Kier molecular flexibility index (Phi) is 4.37. The topological polar surface area (TPSA) is 57.8 Å². The van der Waals surface area contributed by atoms with Crippen LogP contribution in [0, 0.1) is 11.3 Å². The van der Waals surface area contributed by atoms with E-state index in [1.54, 1.807) is 10.6 Å². The summed E-state index contributed by atoms with van der Waals surface area (Å²) in [5.74, 6) is -0.110. The zero-order valence-electron chi connectivity index (χ0n) is 8.46.